The van der Waals surface area contributed by atoms with Gasteiger partial charge in [0.25, 0.3) is 0 Å². The Morgan fingerprint density at radius 2 is 2.06 bits per heavy atom. The van der Waals surface area contributed by atoms with Crippen molar-refractivity contribution >= 4 is 29.1 Å². The van der Waals surface area contributed by atoms with Crippen LogP contribution in [0, 0.1) is 0 Å². The van der Waals surface area contributed by atoms with Crippen LogP contribution in [0.2, 0.25) is 10.0 Å². The van der Waals surface area contributed by atoms with Crippen LogP contribution in [-0.4, -0.2) is 11.4 Å². The fourth-order valence-electron chi connectivity index (χ4n) is 1.64. The lowest BCUT2D eigenvalue weighted by Gasteiger charge is -2.21. The van der Waals surface area contributed by atoms with Gasteiger partial charge in [0.15, 0.2) is 0 Å². The number of nitrogens with one attached hydrogen (secondary N) is 1. The highest BCUT2D eigenvalue weighted by atomic mass is 35.5. The molecule has 1 unspecified atom stereocenters. The molecule has 1 atom stereocenters. The van der Waals surface area contributed by atoms with E-state index >= 15 is 0 Å². The van der Waals surface area contributed by atoms with Gasteiger partial charge in [-0.15, -0.1) is 0 Å². The molecule has 0 saturated carbocycles. The SMILES string of the molecule is CC(NC(=O)CC(C)(C)N)c1ccc(Cl)cc1Cl. The standard InChI is InChI=1S/C13H18Cl2N2O/c1-8(17-12(18)7-13(2,3)16)10-5-4-9(14)6-11(10)15/h4-6,8H,7,16H2,1-3H3,(H,17,18). The average Bonchev–Trinajstić information content (AvgIpc) is 2.13. The first kappa shape index (κ1) is 15.3. The lowest BCUT2D eigenvalue weighted by atomic mass is 10.0. The Kier molecular flexibility index (Phi) is 5.02. The highest BCUT2D eigenvalue weighted by molar-refractivity contribution is 6.35. The zero-order valence-corrected chi connectivity index (χ0v) is 12.3. The summed E-state index contributed by atoms with van der Waals surface area (Å²) in [7, 11) is 0. The van der Waals surface area contributed by atoms with E-state index in [9.17, 15) is 4.79 Å². The molecule has 1 aromatic carbocycles. The van der Waals surface area contributed by atoms with Crippen molar-refractivity contribution in [3.05, 3.63) is 33.8 Å². The van der Waals surface area contributed by atoms with E-state index in [1.54, 1.807) is 12.1 Å². The summed E-state index contributed by atoms with van der Waals surface area (Å²) >= 11 is 11.9. The minimum atomic E-state index is -0.520. The highest BCUT2D eigenvalue weighted by Gasteiger charge is 2.19. The van der Waals surface area contributed by atoms with Crippen LogP contribution in [0.1, 0.15) is 38.8 Å². The van der Waals surface area contributed by atoms with Crippen molar-refractivity contribution in [2.24, 2.45) is 5.73 Å². The molecule has 0 heterocycles. The second kappa shape index (κ2) is 5.91. The van der Waals surface area contributed by atoms with E-state index in [1.807, 2.05) is 26.8 Å². The number of carbonyl (C=O) groups excluding carboxylic acids is 1. The van der Waals surface area contributed by atoms with E-state index < -0.39 is 5.54 Å². The molecule has 0 radical (unpaired) electrons. The van der Waals surface area contributed by atoms with Crippen LogP contribution < -0.4 is 11.1 Å². The molecule has 0 aliphatic rings. The molecule has 3 nitrogen and oxygen atoms in total. The maximum atomic E-state index is 11.8. The summed E-state index contributed by atoms with van der Waals surface area (Å²) in [5.74, 6) is -0.0963. The van der Waals surface area contributed by atoms with Crippen LogP contribution in [0.3, 0.4) is 0 Å². The van der Waals surface area contributed by atoms with Gasteiger partial charge in [-0.25, -0.2) is 0 Å². The molecule has 3 N–H and O–H groups in total. The topological polar surface area (TPSA) is 55.1 Å². The molecule has 0 fully saturated rings. The largest absolute Gasteiger partial charge is 0.349 e. The van der Waals surface area contributed by atoms with Crippen LogP contribution >= 0.6 is 23.2 Å². The third kappa shape index (κ3) is 4.84. The predicted molar refractivity (Wildman–Crippen MR) is 75.9 cm³/mol. The highest BCUT2D eigenvalue weighted by Crippen LogP contribution is 2.26. The fourth-order valence-corrected chi connectivity index (χ4v) is 2.21. The molecule has 0 saturated heterocycles. The third-order valence-electron chi connectivity index (χ3n) is 2.42. The van der Waals surface area contributed by atoms with Gasteiger partial charge in [0.1, 0.15) is 0 Å². The average molecular weight is 289 g/mol. The van der Waals surface area contributed by atoms with E-state index in [0.29, 0.717) is 10.0 Å². The minimum absolute atomic E-state index is 0.0963. The summed E-state index contributed by atoms with van der Waals surface area (Å²) in [6, 6.07) is 5.04. The Hall–Kier alpha value is -0.770. The molecule has 1 rings (SSSR count). The maximum absolute atomic E-state index is 11.8. The van der Waals surface area contributed by atoms with Gasteiger partial charge in [-0.1, -0.05) is 29.3 Å². The van der Waals surface area contributed by atoms with Crippen molar-refractivity contribution in [3.63, 3.8) is 0 Å². The quantitative estimate of drug-likeness (QED) is 0.893. The molecule has 100 valence electrons. The van der Waals surface area contributed by atoms with Crippen LogP contribution in [0.5, 0.6) is 0 Å². The van der Waals surface area contributed by atoms with Crippen molar-refractivity contribution in [2.45, 2.75) is 38.8 Å². The normalized spacial score (nSPS) is 13.2. The van der Waals surface area contributed by atoms with E-state index in [-0.39, 0.29) is 18.4 Å². The van der Waals surface area contributed by atoms with E-state index in [2.05, 4.69) is 5.32 Å². The zero-order valence-electron chi connectivity index (χ0n) is 10.8. The summed E-state index contributed by atoms with van der Waals surface area (Å²) in [4.78, 5) is 11.8. The fraction of sp³-hybridized carbons (Fsp3) is 0.462. The van der Waals surface area contributed by atoms with Crippen LogP contribution in [-0.2, 0) is 4.79 Å². The molecular weight excluding hydrogens is 271 g/mol. The van der Waals surface area contributed by atoms with E-state index in [4.69, 9.17) is 28.9 Å². The molecule has 0 aliphatic carbocycles. The van der Waals surface area contributed by atoms with Crippen molar-refractivity contribution < 1.29 is 4.79 Å². The molecule has 0 spiro atoms. The number of amides is 1. The molecule has 0 aromatic heterocycles. The van der Waals surface area contributed by atoms with Gasteiger partial charge in [-0.2, -0.15) is 0 Å². The van der Waals surface area contributed by atoms with Crippen molar-refractivity contribution in [2.75, 3.05) is 0 Å². The summed E-state index contributed by atoms with van der Waals surface area (Å²) in [5, 5.41) is 3.98. The van der Waals surface area contributed by atoms with Crippen LogP contribution in [0.15, 0.2) is 18.2 Å². The Balaban J connectivity index is 2.71. The van der Waals surface area contributed by atoms with E-state index in [0.717, 1.165) is 5.56 Å². The Morgan fingerprint density at radius 1 is 1.44 bits per heavy atom. The van der Waals surface area contributed by atoms with Crippen LogP contribution in [0.4, 0.5) is 0 Å². The number of rotatable bonds is 4. The predicted octanol–water partition coefficient (Wildman–Crippen LogP) is 3.30. The van der Waals surface area contributed by atoms with Crippen molar-refractivity contribution in [1.82, 2.24) is 5.32 Å². The van der Waals surface area contributed by atoms with Gasteiger partial charge in [0.05, 0.1) is 6.04 Å². The molecule has 18 heavy (non-hydrogen) atoms. The molecule has 0 aliphatic heterocycles. The van der Waals surface area contributed by atoms with Crippen LogP contribution in [0.25, 0.3) is 0 Å². The lowest BCUT2D eigenvalue weighted by Crippen LogP contribution is -2.39. The number of nitrogens with two attached hydrogens (primary N) is 1. The van der Waals surface area contributed by atoms with E-state index in [1.165, 1.54) is 0 Å². The lowest BCUT2D eigenvalue weighted by molar-refractivity contribution is -0.122. The smallest absolute Gasteiger partial charge is 0.222 e. The zero-order chi connectivity index (χ0) is 13.9. The van der Waals surface area contributed by atoms with Gasteiger partial charge < -0.3 is 11.1 Å². The summed E-state index contributed by atoms with van der Waals surface area (Å²) < 4.78 is 0. The van der Waals surface area contributed by atoms with Gasteiger partial charge in [0, 0.05) is 22.0 Å². The maximum Gasteiger partial charge on any atom is 0.222 e. The molecule has 5 heteroatoms. The van der Waals surface area contributed by atoms with Gasteiger partial charge in [-0.3, -0.25) is 4.79 Å². The first-order valence-electron chi connectivity index (χ1n) is 5.72. The Labute approximate surface area is 118 Å². The number of halogens is 2. The monoisotopic (exact) mass is 288 g/mol. The Morgan fingerprint density at radius 3 is 2.56 bits per heavy atom. The first-order chi connectivity index (χ1) is 8.19. The van der Waals surface area contributed by atoms with Gasteiger partial charge in [-0.05, 0) is 38.5 Å². The number of hydrogen-bond acceptors (Lipinski definition) is 2. The molecule has 1 amide bonds. The summed E-state index contributed by atoms with van der Waals surface area (Å²) in [5.41, 5.74) is 6.11. The van der Waals surface area contributed by atoms with Crippen molar-refractivity contribution in [1.29, 1.82) is 0 Å². The van der Waals surface area contributed by atoms with Gasteiger partial charge >= 0.3 is 0 Å². The number of carbonyl (C=O) groups is 1. The van der Waals surface area contributed by atoms with Crippen molar-refractivity contribution in [3.8, 4) is 0 Å². The summed E-state index contributed by atoms with van der Waals surface area (Å²) in [6.45, 7) is 5.50. The summed E-state index contributed by atoms with van der Waals surface area (Å²) in [6.07, 6.45) is 0.266. The molecular formula is C13H18Cl2N2O. The molecule has 1 aromatic rings. The Bertz CT molecular complexity index is 441. The van der Waals surface area contributed by atoms with Gasteiger partial charge in [0.2, 0.25) is 5.91 Å². The first-order valence-corrected chi connectivity index (χ1v) is 6.48. The third-order valence-corrected chi connectivity index (χ3v) is 2.99. The minimum Gasteiger partial charge on any atom is -0.349 e. The number of benzene rings is 1. The second-order valence-electron chi connectivity index (χ2n) is 5.12. The second-order valence-corrected chi connectivity index (χ2v) is 5.96. The molecule has 0 bridgehead atoms. The number of hydrogen-bond donors (Lipinski definition) is 2.